The quantitative estimate of drug-likeness (QED) is 0.878. The molecule has 1 amide bonds. The van der Waals surface area contributed by atoms with Crippen molar-refractivity contribution in [3.05, 3.63) is 10.6 Å². The number of nitrogens with zero attached hydrogens (tertiary/aromatic N) is 2. The van der Waals surface area contributed by atoms with Crippen molar-refractivity contribution in [3.8, 4) is 5.19 Å². The molecule has 1 aliphatic rings. The zero-order valence-corrected chi connectivity index (χ0v) is 11.9. The Hall–Kier alpha value is -1.18. The normalized spacial score (nSPS) is 20.2. The monoisotopic (exact) mass is 286 g/mol. The minimum Gasteiger partial charge on any atom is -0.473 e. The second-order valence-corrected chi connectivity index (χ2v) is 5.43. The fourth-order valence-corrected chi connectivity index (χ4v) is 2.83. The fourth-order valence-electron chi connectivity index (χ4n) is 1.98. The number of aliphatic hydroxyl groups excluding tert-OH is 1. The Morgan fingerprint density at radius 3 is 3.11 bits per heavy atom. The first-order valence-electron chi connectivity index (χ1n) is 6.15. The van der Waals surface area contributed by atoms with E-state index >= 15 is 0 Å². The Kier molecular flexibility index (Phi) is 4.73. The van der Waals surface area contributed by atoms with Gasteiger partial charge in [0.15, 0.2) is 0 Å². The molecule has 106 valence electrons. The highest BCUT2D eigenvalue weighted by atomic mass is 32.1. The molecule has 0 saturated carbocycles. The van der Waals surface area contributed by atoms with E-state index in [1.165, 1.54) is 18.4 Å². The van der Waals surface area contributed by atoms with Gasteiger partial charge >= 0.3 is 0 Å². The van der Waals surface area contributed by atoms with Crippen molar-refractivity contribution in [3.63, 3.8) is 0 Å². The third-order valence-corrected chi connectivity index (χ3v) is 4.14. The number of carbonyl (C=O) groups is 1. The van der Waals surface area contributed by atoms with Gasteiger partial charge in [0.1, 0.15) is 4.88 Å². The number of ether oxygens (including phenoxy) is 2. The number of amides is 1. The molecule has 19 heavy (non-hydrogen) atoms. The van der Waals surface area contributed by atoms with Crippen LogP contribution in [0.3, 0.4) is 0 Å². The number of hydrogen-bond acceptors (Lipinski definition) is 6. The maximum atomic E-state index is 12.5. The van der Waals surface area contributed by atoms with Crippen LogP contribution in [-0.4, -0.2) is 60.9 Å². The van der Waals surface area contributed by atoms with Crippen LogP contribution in [0.25, 0.3) is 0 Å². The summed E-state index contributed by atoms with van der Waals surface area (Å²) < 4.78 is 10.4. The third kappa shape index (κ3) is 3.23. The van der Waals surface area contributed by atoms with E-state index in [0.29, 0.717) is 42.1 Å². The highest BCUT2D eigenvalue weighted by Crippen LogP contribution is 2.26. The van der Waals surface area contributed by atoms with Crippen LogP contribution in [0.5, 0.6) is 5.19 Å². The number of thiazole rings is 1. The average Bonchev–Trinajstić information content (AvgIpc) is 2.65. The van der Waals surface area contributed by atoms with Crippen molar-refractivity contribution in [2.75, 3.05) is 40.0 Å². The van der Waals surface area contributed by atoms with Crippen LogP contribution in [0.15, 0.2) is 0 Å². The van der Waals surface area contributed by atoms with E-state index in [2.05, 4.69) is 4.98 Å². The van der Waals surface area contributed by atoms with Gasteiger partial charge in [-0.2, -0.15) is 0 Å². The van der Waals surface area contributed by atoms with Crippen LogP contribution in [0.1, 0.15) is 15.4 Å². The second kappa shape index (κ2) is 6.31. The summed E-state index contributed by atoms with van der Waals surface area (Å²) in [5, 5.41) is 9.73. The number of carbonyl (C=O) groups excluding carboxylic acids is 1. The van der Waals surface area contributed by atoms with Gasteiger partial charge in [0.2, 0.25) is 0 Å². The molecular weight excluding hydrogens is 268 g/mol. The number of aryl methyl sites for hydroxylation is 1. The molecule has 0 aliphatic carbocycles. The van der Waals surface area contributed by atoms with Crippen LogP contribution >= 0.6 is 11.3 Å². The molecule has 1 unspecified atom stereocenters. The SMILES string of the molecule is COc1nc(C)c(C(=O)N2CCOCC(CO)C2)s1. The zero-order valence-electron chi connectivity index (χ0n) is 11.1. The predicted octanol–water partition coefficient (Wildman–Crippen LogP) is 0.541. The van der Waals surface area contributed by atoms with E-state index in [1.54, 1.807) is 11.8 Å². The number of hydrogen-bond donors (Lipinski definition) is 1. The summed E-state index contributed by atoms with van der Waals surface area (Å²) in [5.41, 5.74) is 0.678. The molecule has 2 rings (SSSR count). The van der Waals surface area contributed by atoms with Crippen molar-refractivity contribution < 1.29 is 19.4 Å². The highest BCUT2D eigenvalue weighted by molar-refractivity contribution is 7.15. The van der Waals surface area contributed by atoms with E-state index in [0.717, 1.165) is 0 Å². The Morgan fingerprint density at radius 1 is 1.68 bits per heavy atom. The summed E-state index contributed by atoms with van der Waals surface area (Å²) in [4.78, 5) is 19.0. The molecule has 0 bridgehead atoms. The smallest absolute Gasteiger partial charge is 0.273 e. The van der Waals surface area contributed by atoms with E-state index in [9.17, 15) is 9.90 Å². The Bertz CT molecular complexity index is 449. The lowest BCUT2D eigenvalue weighted by molar-refractivity contribution is 0.0732. The number of methoxy groups -OCH3 is 1. The molecule has 1 saturated heterocycles. The van der Waals surface area contributed by atoms with Crippen molar-refractivity contribution in [1.29, 1.82) is 0 Å². The average molecular weight is 286 g/mol. The van der Waals surface area contributed by atoms with Crippen molar-refractivity contribution in [2.45, 2.75) is 6.92 Å². The van der Waals surface area contributed by atoms with Crippen LogP contribution in [-0.2, 0) is 4.74 Å². The third-order valence-electron chi connectivity index (χ3n) is 3.03. The number of rotatable bonds is 3. The van der Waals surface area contributed by atoms with Gasteiger partial charge < -0.3 is 19.5 Å². The van der Waals surface area contributed by atoms with Gasteiger partial charge in [-0.3, -0.25) is 4.79 Å². The first-order valence-corrected chi connectivity index (χ1v) is 6.96. The molecule has 0 radical (unpaired) electrons. The summed E-state index contributed by atoms with van der Waals surface area (Å²) in [6.07, 6.45) is 0. The van der Waals surface area contributed by atoms with Gasteiger partial charge in [-0.05, 0) is 6.92 Å². The van der Waals surface area contributed by atoms with Crippen LogP contribution in [0, 0.1) is 12.8 Å². The summed E-state index contributed by atoms with van der Waals surface area (Å²) >= 11 is 1.25. The molecule has 1 aromatic rings. The van der Waals surface area contributed by atoms with Crippen LogP contribution in [0.4, 0.5) is 0 Å². The van der Waals surface area contributed by atoms with Crippen LogP contribution in [0.2, 0.25) is 0 Å². The van der Waals surface area contributed by atoms with Gasteiger partial charge in [0.05, 0.1) is 26.0 Å². The largest absolute Gasteiger partial charge is 0.473 e. The van der Waals surface area contributed by atoms with Crippen molar-refractivity contribution in [1.82, 2.24) is 9.88 Å². The summed E-state index contributed by atoms with van der Waals surface area (Å²) in [6.45, 7) is 3.85. The van der Waals surface area contributed by atoms with Gasteiger partial charge in [-0.25, -0.2) is 4.98 Å². The van der Waals surface area contributed by atoms with Crippen LogP contribution < -0.4 is 4.74 Å². The molecule has 1 N–H and O–H groups in total. The Labute approximate surface area is 116 Å². The lowest BCUT2D eigenvalue weighted by Crippen LogP contribution is -2.36. The lowest BCUT2D eigenvalue weighted by atomic mass is 10.1. The van der Waals surface area contributed by atoms with Gasteiger partial charge in [0, 0.05) is 25.6 Å². The van der Waals surface area contributed by atoms with Gasteiger partial charge in [0.25, 0.3) is 11.1 Å². The number of aromatic nitrogens is 1. The first-order chi connectivity index (χ1) is 9.15. The zero-order chi connectivity index (χ0) is 13.8. The molecule has 2 heterocycles. The highest BCUT2D eigenvalue weighted by Gasteiger charge is 2.26. The summed E-state index contributed by atoms with van der Waals surface area (Å²) in [7, 11) is 1.54. The second-order valence-electron chi connectivity index (χ2n) is 4.47. The van der Waals surface area contributed by atoms with E-state index < -0.39 is 0 Å². The van der Waals surface area contributed by atoms with Gasteiger partial charge in [-0.1, -0.05) is 11.3 Å². The predicted molar refractivity (Wildman–Crippen MR) is 70.7 cm³/mol. The molecule has 0 aromatic carbocycles. The summed E-state index contributed by atoms with van der Waals surface area (Å²) in [6, 6.07) is 0. The molecule has 0 spiro atoms. The van der Waals surface area contributed by atoms with Crippen molar-refractivity contribution in [2.24, 2.45) is 5.92 Å². The van der Waals surface area contributed by atoms with E-state index in [-0.39, 0.29) is 18.4 Å². The van der Waals surface area contributed by atoms with E-state index in [4.69, 9.17) is 9.47 Å². The first kappa shape index (κ1) is 14.2. The lowest BCUT2D eigenvalue weighted by Gasteiger charge is -2.22. The molecule has 1 fully saturated rings. The number of aliphatic hydroxyl groups is 1. The van der Waals surface area contributed by atoms with Crippen molar-refractivity contribution >= 4 is 17.2 Å². The maximum Gasteiger partial charge on any atom is 0.273 e. The van der Waals surface area contributed by atoms with E-state index in [1.807, 2.05) is 0 Å². The molecule has 6 nitrogen and oxygen atoms in total. The standard InChI is InChI=1S/C12H18N2O4S/c1-8-10(19-12(13-8)17-2)11(16)14-3-4-18-7-9(5-14)6-15/h9,15H,3-7H2,1-2H3. The Balaban J connectivity index is 2.14. The minimum atomic E-state index is -0.0674. The molecule has 7 heteroatoms. The maximum absolute atomic E-state index is 12.5. The molecule has 1 aromatic heterocycles. The fraction of sp³-hybridized carbons (Fsp3) is 0.667. The Morgan fingerprint density at radius 2 is 2.47 bits per heavy atom. The topological polar surface area (TPSA) is 71.9 Å². The minimum absolute atomic E-state index is 0.0226. The molecular formula is C12H18N2O4S. The summed E-state index contributed by atoms with van der Waals surface area (Å²) in [5.74, 6) is -0.0937. The molecule has 1 atom stereocenters. The van der Waals surface area contributed by atoms with Gasteiger partial charge in [-0.15, -0.1) is 0 Å². The molecule has 1 aliphatic heterocycles.